The third kappa shape index (κ3) is 3.04. The van der Waals surface area contributed by atoms with E-state index in [0.29, 0.717) is 30.9 Å². The van der Waals surface area contributed by atoms with Crippen molar-refractivity contribution in [2.24, 2.45) is 0 Å². The quantitative estimate of drug-likeness (QED) is 0.205. The third-order valence-corrected chi connectivity index (χ3v) is 14.0. The second kappa shape index (κ2) is 7.89. The first kappa shape index (κ1) is 26.1. The zero-order chi connectivity index (χ0) is 28.7. The van der Waals surface area contributed by atoms with Crippen molar-refractivity contribution < 1.29 is 26.3 Å². The number of hydrogen-bond acceptors (Lipinski definition) is 6. The van der Waals surface area contributed by atoms with Crippen molar-refractivity contribution in [3.05, 3.63) is 93.0 Å². The fourth-order valence-corrected chi connectivity index (χ4v) is 11.2. The lowest BCUT2D eigenvalue weighted by molar-refractivity contribution is -0.258. The van der Waals surface area contributed by atoms with Crippen molar-refractivity contribution in [1.29, 1.82) is 0 Å². The number of halogens is 6. The second-order valence-corrected chi connectivity index (χ2v) is 15.5. The highest BCUT2D eigenvalue weighted by molar-refractivity contribution is 8.14. The molecule has 8 rings (SSSR count). The maximum Gasteiger partial charge on any atom is 0.380 e. The molecule has 4 aromatic rings. The molecule has 4 heterocycles. The monoisotopic (exact) mass is 634 g/mol. The lowest BCUT2D eigenvalue weighted by atomic mass is 9.71. The van der Waals surface area contributed by atoms with E-state index in [1.807, 2.05) is 48.5 Å². The van der Waals surface area contributed by atoms with E-state index in [4.69, 9.17) is 0 Å². The summed E-state index contributed by atoms with van der Waals surface area (Å²) in [5.74, 6) is -15.7. The summed E-state index contributed by atoms with van der Waals surface area (Å²) >= 11 is 5.11. The van der Waals surface area contributed by atoms with Crippen LogP contribution in [0.2, 0.25) is 0 Å². The average molecular weight is 635 g/mol. The van der Waals surface area contributed by atoms with Gasteiger partial charge in [-0.25, -0.2) is 9.97 Å². The highest BCUT2D eigenvalue weighted by Gasteiger charge is 2.84. The molecule has 2 atom stereocenters. The topological polar surface area (TPSA) is 25.8 Å². The number of rotatable bonds is 2. The molecule has 0 N–H and O–H groups in total. The van der Waals surface area contributed by atoms with Crippen molar-refractivity contribution in [2.75, 3.05) is 0 Å². The van der Waals surface area contributed by atoms with E-state index >= 15 is 26.3 Å². The van der Waals surface area contributed by atoms with Gasteiger partial charge in [0.25, 0.3) is 0 Å². The van der Waals surface area contributed by atoms with Crippen LogP contribution < -0.4 is 0 Å². The summed E-state index contributed by atoms with van der Waals surface area (Å²) < 4.78 is 91.6. The van der Waals surface area contributed by atoms with Crippen LogP contribution in [0.15, 0.2) is 83.0 Å². The largest absolute Gasteiger partial charge is 0.380 e. The number of thioether (sulfide) groups is 2. The molecule has 0 saturated heterocycles. The first-order valence-electron chi connectivity index (χ1n) is 12.5. The molecule has 1 saturated carbocycles. The van der Waals surface area contributed by atoms with E-state index in [9.17, 15) is 0 Å². The molecule has 12 heteroatoms. The Labute approximate surface area is 246 Å². The molecule has 208 valence electrons. The van der Waals surface area contributed by atoms with E-state index in [2.05, 4.69) is 9.97 Å². The Morgan fingerprint density at radius 3 is 1.37 bits per heavy atom. The Hall–Kier alpha value is -2.54. The second-order valence-electron chi connectivity index (χ2n) is 10.6. The van der Waals surface area contributed by atoms with Crippen LogP contribution >= 0.6 is 46.2 Å². The van der Waals surface area contributed by atoms with Crippen molar-refractivity contribution in [1.82, 2.24) is 9.97 Å². The summed E-state index contributed by atoms with van der Waals surface area (Å²) in [4.78, 5) is 10.3. The van der Waals surface area contributed by atoms with Crippen LogP contribution in [-0.2, 0) is 0 Å². The first-order chi connectivity index (χ1) is 19.3. The number of thiazole rings is 2. The maximum absolute atomic E-state index is 15.6. The van der Waals surface area contributed by atoms with Crippen LogP contribution in [0.3, 0.4) is 0 Å². The van der Waals surface area contributed by atoms with E-state index in [1.54, 1.807) is 13.8 Å². The number of para-hydroxylation sites is 2. The Morgan fingerprint density at radius 1 is 0.585 bits per heavy atom. The Balaban J connectivity index is 1.38. The van der Waals surface area contributed by atoms with Gasteiger partial charge in [0.1, 0.15) is 10.0 Å². The van der Waals surface area contributed by atoms with Gasteiger partial charge in [0, 0.05) is 21.0 Å². The number of fused-ring (bicyclic) bond motifs is 6. The number of nitrogens with zero attached hydrogens (tertiary/aromatic N) is 2. The van der Waals surface area contributed by atoms with Gasteiger partial charge in [0.05, 0.1) is 29.9 Å². The lowest BCUT2D eigenvalue weighted by Gasteiger charge is -2.47. The summed E-state index contributed by atoms with van der Waals surface area (Å²) in [5, 5.41) is 1.04. The predicted octanol–water partition coefficient (Wildman–Crippen LogP) is 9.83. The van der Waals surface area contributed by atoms with Crippen LogP contribution in [0.4, 0.5) is 26.3 Å². The molecular weight excluding hydrogens is 619 g/mol. The molecule has 2 nitrogen and oxygen atoms in total. The average Bonchev–Trinajstić information content (AvgIpc) is 3.70. The van der Waals surface area contributed by atoms with Gasteiger partial charge >= 0.3 is 17.8 Å². The zero-order valence-electron chi connectivity index (χ0n) is 21.1. The molecule has 0 spiro atoms. The van der Waals surface area contributed by atoms with Crippen molar-refractivity contribution >= 4 is 76.4 Å². The number of benzene rings is 2. The fourth-order valence-electron chi connectivity index (χ4n) is 6.08. The van der Waals surface area contributed by atoms with E-state index in [-0.39, 0.29) is 11.1 Å². The normalized spacial score (nSPS) is 29.2. The molecule has 4 aliphatic rings. The minimum atomic E-state index is -5.59. The van der Waals surface area contributed by atoms with Gasteiger partial charge in [0.15, 0.2) is 0 Å². The molecule has 0 bridgehead atoms. The maximum atomic E-state index is 15.6. The minimum Gasteiger partial charge on any atom is -0.235 e. The Morgan fingerprint density at radius 2 is 0.976 bits per heavy atom. The molecule has 2 aliphatic heterocycles. The van der Waals surface area contributed by atoms with Crippen LogP contribution in [-0.4, -0.2) is 37.2 Å². The van der Waals surface area contributed by atoms with Gasteiger partial charge in [-0.05, 0) is 61.4 Å². The lowest BCUT2D eigenvalue weighted by Crippen LogP contribution is -2.48. The summed E-state index contributed by atoms with van der Waals surface area (Å²) in [7, 11) is 0. The highest BCUT2D eigenvalue weighted by Crippen LogP contribution is 2.75. The number of allylic oxidation sites excluding steroid dienone is 4. The summed E-state index contributed by atoms with van der Waals surface area (Å²) in [6.45, 7) is 3.36. The van der Waals surface area contributed by atoms with Crippen LogP contribution in [0, 0.1) is 0 Å². The van der Waals surface area contributed by atoms with Gasteiger partial charge in [0.2, 0.25) is 0 Å². The molecule has 2 unspecified atom stereocenters. The van der Waals surface area contributed by atoms with Gasteiger partial charge in [-0.3, -0.25) is 0 Å². The molecule has 41 heavy (non-hydrogen) atoms. The predicted molar refractivity (Wildman–Crippen MR) is 156 cm³/mol. The minimum absolute atomic E-state index is 0.202. The van der Waals surface area contributed by atoms with Gasteiger partial charge in [-0.1, -0.05) is 24.3 Å². The summed E-state index contributed by atoms with van der Waals surface area (Å²) in [5.41, 5.74) is -1.53. The highest BCUT2D eigenvalue weighted by atomic mass is 32.2. The molecule has 2 aromatic carbocycles. The summed E-state index contributed by atoms with van der Waals surface area (Å²) in [6.07, 6.45) is 2.75. The van der Waals surface area contributed by atoms with Crippen molar-refractivity contribution in [2.45, 2.75) is 41.1 Å². The van der Waals surface area contributed by atoms with E-state index in [1.165, 1.54) is 58.3 Å². The van der Waals surface area contributed by atoms with Gasteiger partial charge in [-0.2, -0.15) is 26.3 Å². The zero-order valence-corrected chi connectivity index (χ0v) is 24.3. The molecule has 0 amide bonds. The van der Waals surface area contributed by atoms with Crippen LogP contribution in [0.25, 0.3) is 30.2 Å². The fraction of sp³-hybridized carbons (Fsp3) is 0.241. The molecule has 2 aliphatic carbocycles. The SMILES string of the molecule is CC12SC(c3nc4ccccc4s3)=CC1=C1C(=C3C=C(c4nc5ccccc5s4)SC32C)C(F)(F)C(F)(F)C1(F)F. The number of alkyl halides is 6. The van der Waals surface area contributed by atoms with Gasteiger partial charge < -0.3 is 0 Å². The Kier molecular flexibility index (Phi) is 5.02. The Bertz CT molecular complexity index is 1780. The van der Waals surface area contributed by atoms with Gasteiger partial charge in [-0.15, -0.1) is 46.2 Å². The standard InChI is InChI=1S/C29H16F6N2S4/c1-25-13(11-19(40-25)23-36-15-7-3-5-9-17(15)38-23)21-22(28(32,33)29(34,35)27(21,30)31)14-12-20(41-26(14,25)2)24-37-16-8-4-6-10-18(16)39-24/h3-12H,1-2H3. The molecule has 1 fully saturated rings. The first-order valence-corrected chi connectivity index (χ1v) is 15.7. The van der Waals surface area contributed by atoms with E-state index in [0.717, 1.165) is 9.40 Å². The third-order valence-electron chi connectivity index (χ3n) is 8.33. The van der Waals surface area contributed by atoms with E-state index < -0.39 is 38.4 Å². The summed E-state index contributed by atoms with van der Waals surface area (Å²) in [6, 6.07) is 14.7. The molecule has 2 aromatic heterocycles. The molecular formula is C29H16F6N2S4. The van der Waals surface area contributed by atoms with Crippen molar-refractivity contribution in [3.8, 4) is 0 Å². The molecule has 0 radical (unpaired) electrons. The van der Waals surface area contributed by atoms with Crippen molar-refractivity contribution in [3.63, 3.8) is 0 Å². The number of hydrogen-bond donors (Lipinski definition) is 0. The smallest absolute Gasteiger partial charge is 0.235 e. The van der Waals surface area contributed by atoms with Crippen LogP contribution in [0.5, 0.6) is 0 Å². The number of aromatic nitrogens is 2. The van der Waals surface area contributed by atoms with Crippen LogP contribution in [0.1, 0.15) is 23.9 Å².